The SMILES string of the molecule is CCC(=C1C(=O)C(O)=C1OC)c1ccc2ccccc2n1. The molecule has 21 heavy (non-hydrogen) atoms. The summed E-state index contributed by atoms with van der Waals surface area (Å²) in [6.07, 6.45) is 0.632. The van der Waals surface area contributed by atoms with Crippen LogP contribution in [0.5, 0.6) is 0 Å². The zero-order chi connectivity index (χ0) is 15.0. The van der Waals surface area contributed by atoms with Gasteiger partial charge in [-0.05, 0) is 24.1 Å². The highest BCUT2D eigenvalue weighted by molar-refractivity contribution is 6.21. The minimum atomic E-state index is -0.376. The number of para-hydroxylation sites is 1. The van der Waals surface area contributed by atoms with Gasteiger partial charge in [0.25, 0.3) is 0 Å². The molecule has 0 saturated heterocycles. The largest absolute Gasteiger partial charge is 0.502 e. The van der Waals surface area contributed by atoms with Crippen LogP contribution in [-0.2, 0) is 9.53 Å². The number of aliphatic hydroxyl groups excluding tert-OH is 1. The number of aromatic nitrogens is 1. The topological polar surface area (TPSA) is 59.4 Å². The molecule has 1 aromatic heterocycles. The van der Waals surface area contributed by atoms with Crippen LogP contribution >= 0.6 is 0 Å². The predicted octanol–water partition coefficient (Wildman–Crippen LogP) is 3.40. The van der Waals surface area contributed by atoms with Gasteiger partial charge in [0, 0.05) is 5.39 Å². The van der Waals surface area contributed by atoms with E-state index in [1.54, 1.807) is 0 Å². The number of carbonyl (C=O) groups excluding carboxylic acids is 1. The second-order valence-corrected chi connectivity index (χ2v) is 4.81. The first-order valence-electron chi connectivity index (χ1n) is 6.79. The highest BCUT2D eigenvalue weighted by Gasteiger charge is 2.37. The number of aliphatic hydroxyl groups is 1. The molecule has 3 rings (SSSR count). The van der Waals surface area contributed by atoms with Crippen LogP contribution in [0, 0.1) is 0 Å². The molecule has 2 aromatic rings. The minimum Gasteiger partial charge on any atom is -0.502 e. The Morgan fingerprint density at radius 1 is 1.24 bits per heavy atom. The smallest absolute Gasteiger partial charge is 0.235 e. The van der Waals surface area contributed by atoms with Gasteiger partial charge in [0.05, 0.1) is 23.9 Å². The molecule has 0 fully saturated rings. The third-order valence-corrected chi connectivity index (χ3v) is 3.65. The average molecular weight is 281 g/mol. The fourth-order valence-corrected chi connectivity index (χ4v) is 2.57. The minimum absolute atomic E-state index is 0.256. The molecule has 4 nitrogen and oxygen atoms in total. The van der Waals surface area contributed by atoms with Gasteiger partial charge in [-0.2, -0.15) is 0 Å². The van der Waals surface area contributed by atoms with Gasteiger partial charge >= 0.3 is 0 Å². The predicted molar refractivity (Wildman–Crippen MR) is 80.6 cm³/mol. The second-order valence-electron chi connectivity index (χ2n) is 4.81. The van der Waals surface area contributed by atoms with E-state index in [0.717, 1.165) is 22.2 Å². The number of fused-ring (bicyclic) bond motifs is 1. The summed E-state index contributed by atoms with van der Waals surface area (Å²) in [4.78, 5) is 16.5. The van der Waals surface area contributed by atoms with E-state index in [-0.39, 0.29) is 17.3 Å². The highest BCUT2D eigenvalue weighted by Crippen LogP contribution is 2.36. The zero-order valence-electron chi connectivity index (χ0n) is 11.9. The number of carbonyl (C=O) groups is 1. The first-order valence-corrected chi connectivity index (χ1v) is 6.79. The van der Waals surface area contributed by atoms with Crippen LogP contribution in [0.1, 0.15) is 19.0 Å². The van der Waals surface area contributed by atoms with Crippen molar-refractivity contribution in [3.8, 4) is 0 Å². The molecule has 1 aliphatic carbocycles. The Morgan fingerprint density at radius 2 is 2.00 bits per heavy atom. The Bertz CT molecular complexity index is 803. The Morgan fingerprint density at radius 3 is 2.71 bits per heavy atom. The molecule has 0 aliphatic heterocycles. The molecule has 1 aromatic carbocycles. The van der Waals surface area contributed by atoms with Crippen molar-refractivity contribution >= 4 is 22.3 Å². The van der Waals surface area contributed by atoms with Gasteiger partial charge < -0.3 is 9.84 Å². The van der Waals surface area contributed by atoms with Gasteiger partial charge in [0.15, 0.2) is 5.76 Å². The summed E-state index contributed by atoms with van der Waals surface area (Å²) in [7, 11) is 1.44. The number of ether oxygens (including phenoxy) is 1. The van der Waals surface area contributed by atoms with E-state index in [4.69, 9.17) is 4.74 Å². The monoisotopic (exact) mass is 281 g/mol. The van der Waals surface area contributed by atoms with E-state index in [1.807, 2.05) is 43.3 Å². The standard InChI is InChI=1S/C17H15NO3/c1-3-11(14-15(19)16(20)17(14)21-2)13-9-8-10-6-4-5-7-12(10)18-13/h4-9,20H,3H2,1-2H3. The van der Waals surface area contributed by atoms with Crippen LogP contribution in [0.15, 0.2) is 53.5 Å². The molecule has 0 saturated carbocycles. The van der Waals surface area contributed by atoms with E-state index < -0.39 is 0 Å². The fourth-order valence-electron chi connectivity index (χ4n) is 2.57. The lowest BCUT2D eigenvalue weighted by Gasteiger charge is -2.23. The van der Waals surface area contributed by atoms with Gasteiger partial charge in [-0.1, -0.05) is 31.2 Å². The summed E-state index contributed by atoms with van der Waals surface area (Å²) in [6.45, 7) is 1.95. The average Bonchev–Trinajstić information content (AvgIpc) is 2.54. The van der Waals surface area contributed by atoms with Gasteiger partial charge in [-0.25, -0.2) is 4.98 Å². The number of rotatable bonds is 3. The third-order valence-electron chi connectivity index (χ3n) is 3.65. The van der Waals surface area contributed by atoms with E-state index >= 15 is 0 Å². The van der Waals surface area contributed by atoms with Crippen LogP contribution in [0.2, 0.25) is 0 Å². The quantitative estimate of drug-likeness (QED) is 0.876. The van der Waals surface area contributed by atoms with E-state index in [0.29, 0.717) is 12.0 Å². The lowest BCUT2D eigenvalue weighted by atomic mass is 9.87. The van der Waals surface area contributed by atoms with Crippen LogP contribution in [0.4, 0.5) is 0 Å². The Hall–Kier alpha value is -2.62. The first kappa shape index (κ1) is 13.4. The van der Waals surface area contributed by atoms with Crippen molar-refractivity contribution in [2.75, 3.05) is 7.11 Å². The van der Waals surface area contributed by atoms with Crippen molar-refractivity contribution < 1.29 is 14.6 Å². The number of ketones is 1. The molecule has 0 bridgehead atoms. The van der Waals surface area contributed by atoms with Crippen molar-refractivity contribution in [1.29, 1.82) is 0 Å². The maximum Gasteiger partial charge on any atom is 0.235 e. The third kappa shape index (κ3) is 2.00. The van der Waals surface area contributed by atoms with Crippen molar-refractivity contribution in [1.82, 2.24) is 4.98 Å². The van der Waals surface area contributed by atoms with E-state index in [9.17, 15) is 9.90 Å². The van der Waals surface area contributed by atoms with Gasteiger partial charge in [0.1, 0.15) is 0 Å². The molecule has 106 valence electrons. The molecule has 0 atom stereocenters. The maximum atomic E-state index is 11.9. The molecule has 0 amide bonds. The molecule has 1 N–H and O–H groups in total. The summed E-state index contributed by atoms with van der Waals surface area (Å²) in [5.74, 6) is -0.426. The fraction of sp³-hybridized carbons (Fsp3) is 0.176. The number of benzene rings is 1. The van der Waals surface area contributed by atoms with Crippen molar-refractivity contribution in [3.63, 3.8) is 0 Å². The summed E-state index contributed by atoms with van der Waals surface area (Å²) in [5, 5.41) is 10.6. The summed E-state index contributed by atoms with van der Waals surface area (Å²) in [6, 6.07) is 11.7. The number of pyridine rings is 1. The van der Waals surface area contributed by atoms with E-state index in [2.05, 4.69) is 4.98 Å². The van der Waals surface area contributed by atoms with Crippen molar-refractivity contribution in [2.24, 2.45) is 0 Å². The van der Waals surface area contributed by atoms with Gasteiger partial charge in [0.2, 0.25) is 11.5 Å². The number of Topliss-reactive ketones (excluding diaryl/α,β-unsaturated/α-hetero) is 1. The lowest BCUT2D eigenvalue weighted by molar-refractivity contribution is -0.116. The normalized spacial score (nSPS) is 17.0. The summed E-state index contributed by atoms with van der Waals surface area (Å²) >= 11 is 0. The van der Waals surface area contributed by atoms with E-state index in [1.165, 1.54) is 7.11 Å². The first-order chi connectivity index (χ1) is 10.2. The number of allylic oxidation sites excluding steroid dienone is 3. The zero-order valence-corrected chi connectivity index (χ0v) is 11.9. The molecule has 1 aliphatic rings. The number of nitrogens with zero attached hydrogens (tertiary/aromatic N) is 1. The molecule has 1 heterocycles. The van der Waals surface area contributed by atoms with Crippen LogP contribution in [0.25, 0.3) is 16.5 Å². The number of hydrogen-bond donors (Lipinski definition) is 1. The molecular formula is C17H15NO3. The van der Waals surface area contributed by atoms with Gasteiger partial charge in [-0.15, -0.1) is 0 Å². The Labute approximate surface area is 122 Å². The van der Waals surface area contributed by atoms with Crippen molar-refractivity contribution in [2.45, 2.75) is 13.3 Å². The lowest BCUT2D eigenvalue weighted by Crippen LogP contribution is -2.24. The molecule has 4 heteroatoms. The summed E-state index contributed by atoms with van der Waals surface area (Å²) in [5.41, 5.74) is 2.84. The Balaban J connectivity index is 2.18. The maximum absolute atomic E-state index is 11.9. The number of methoxy groups -OCH3 is 1. The van der Waals surface area contributed by atoms with Crippen LogP contribution in [0.3, 0.4) is 0 Å². The molecule has 0 spiro atoms. The van der Waals surface area contributed by atoms with Gasteiger partial charge in [-0.3, -0.25) is 4.79 Å². The highest BCUT2D eigenvalue weighted by atomic mass is 16.5. The van der Waals surface area contributed by atoms with Crippen molar-refractivity contribution in [3.05, 3.63) is 59.2 Å². The molecule has 0 unspecified atom stereocenters. The molecule has 0 radical (unpaired) electrons. The Kier molecular flexibility index (Phi) is 3.22. The number of hydrogen-bond acceptors (Lipinski definition) is 4. The van der Waals surface area contributed by atoms with Crippen LogP contribution < -0.4 is 0 Å². The summed E-state index contributed by atoms with van der Waals surface area (Å²) < 4.78 is 5.10. The van der Waals surface area contributed by atoms with Crippen LogP contribution in [-0.4, -0.2) is 23.0 Å². The molecular weight excluding hydrogens is 266 g/mol. The second kappa shape index (κ2) is 5.05.